The molecule has 0 aromatic heterocycles. The van der Waals surface area contributed by atoms with Gasteiger partial charge in [0, 0.05) is 17.5 Å². The summed E-state index contributed by atoms with van der Waals surface area (Å²) in [4.78, 5) is 0. The Morgan fingerprint density at radius 1 is 1.80 bits per heavy atom. The topological polar surface area (TPSA) is 49.9 Å². The maximum atomic E-state index is 7.00. The highest BCUT2D eigenvalue weighted by Crippen LogP contribution is 2.17. The molecule has 0 aromatic carbocycles. The van der Waals surface area contributed by atoms with Gasteiger partial charge in [-0.2, -0.15) is 0 Å². The highest BCUT2D eigenvalue weighted by molar-refractivity contribution is 5.82. The van der Waals surface area contributed by atoms with Crippen LogP contribution < -0.4 is 5.73 Å². The summed E-state index contributed by atoms with van der Waals surface area (Å²) in [6.07, 6.45) is 6.32. The van der Waals surface area contributed by atoms with Gasteiger partial charge in [-0.15, -0.1) is 0 Å². The Hall–Kier alpha value is -1.05. The van der Waals surface area contributed by atoms with Crippen LogP contribution >= 0.6 is 0 Å². The molecule has 0 fully saturated rings. The van der Waals surface area contributed by atoms with Crippen LogP contribution in [0, 0.1) is 11.3 Å². The second-order valence-corrected chi connectivity index (χ2v) is 2.64. The molecular formula is C8H12N2. The van der Waals surface area contributed by atoms with E-state index in [1.807, 2.05) is 12.2 Å². The molecule has 0 radical (unpaired) electrons. The van der Waals surface area contributed by atoms with Crippen LogP contribution in [-0.2, 0) is 0 Å². The van der Waals surface area contributed by atoms with Crippen molar-refractivity contribution < 1.29 is 0 Å². The zero-order chi connectivity index (χ0) is 7.56. The maximum absolute atomic E-state index is 7.00. The minimum atomic E-state index is 0.531. The molecule has 1 aliphatic carbocycles. The summed E-state index contributed by atoms with van der Waals surface area (Å²) in [5.74, 6) is 0.531. The SMILES string of the molecule is CC1C=C(C=N)C(N)=CC1. The average molecular weight is 136 g/mol. The molecule has 1 aliphatic rings. The lowest BCUT2D eigenvalue weighted by Crippen LogP contribution is -2.08. The third-order valence-corrected chi connectivity index (χ3v) is 1.66. The summed E-state index contributed by atoms with van der Waals surface area (Å²) >= 11 is 0. The number of allylic oxidation sites excluding steroid dienone is 3. The van der Waals surface area contributed by atoms with Gasteiger partial charge in [-0.05, 0) is 12.3 Å². The van der Waals surface area contributed by atoms with Crippen LogP contribution in [0.3, 0.4) is 0 Å². The molecule has 0 saturated carbocycles. The van der Waals surface area contributed by atoms with Gasteiger partial charge >= 0.3 is 0 Å². The second-order valence-electron chi connectivity index (χ2n) is 2.64. The number of nitrogens with one attached hydrogen (secondary N) is 1. The average Bonchev–Trinajstić information content (AvgIpc) is 1.94. The van der Waals surface area contributed by atoms with Crippen molar-refractivity contribution in [1.82, 2.24) is 0 Å². The van der Waals surface area contributed by atoms with Gasteiger partial charge in [0.1, 0.15) is 0 Å². The van der Waals surface area contributed by atoms with E-state index in [-0.39, 0.29) is 0 Å². The summed E-state index contributed by atoms with van der Waals surface area (Å²) in [5.41, 5.74) is 7.20. The van der Waals surface area contributed by atoms with Gasteiger partial charge in [-0.1, -0.05) is 19.1 Å². The van der Waals surface area contributed by atoms with E-state index in [2.05, 4.69) is 6.92 Å². The lowest BCUT2D eigenvalue weighted by atomic mass is 9.96. The molecule has 0 heterocycles. The molecule has 1 rings (SSSR count). The van der Waals surface area contributed by atoms with E-state index >= 15 is 0 Å². The molecule has 0 spiro atoms. The maximum Gasteiger partial charge on any atom is 0.0359 e. The molecule has 3 N–H and O–H groups in total. The first-order valence-corrected chi connectivity index (χ1v) is 3.42. The largest absolute Gasteiger partial charge is 0.398 e. The van der Waals surface area contributed by atoms with E-state index < -0.39 is 0 Å². The summed E-state index contributed by atoms with van der Waals surface area (Å²) in [5, 5.41) is 7.00. The first-order valence-electron chi connectivity index (χ1n) is 3.42. The van der Waals surface area contributed by atoms with Crippen LogP contribution in [0.5, 0.6) is 0 Å². The summed E-state index contributed by atoms with van der Waals surface area (Å²) < 4.78 is 0. The Balaban J connectivity index is 2.83. The standard InChI is InChI=1S/C8H12N2/c1-6-2-3-8(10)7(4-6)5-9/h3-6,9H,2,10H2,1H3. The van der Waals surface area contributed by atoms with E-state index in [4.69, 9.17) is 11.1 Å². The quantitative estimate of drug-likeness (QED) is 0.526. The van der Waals surface area contributed by atoms with Crippen molar-refractivity contribution >= 4 is 6.21 Å². The van der Waals surface area contributed by atoms with E-state index in [9.17, 15) is 0 Å². The first-order chi connectivity index (χ1) is 4.74. The van der Waals surface area contributed by atoms with Crippen LogP contribution in [0.4, 0.5) is 0 Å². The number of hydrogen-bond acceptors (Lipinski definition) is 2. The fourth-order valence-corrected chi connectivity index (χ4v) is 1.03. The third-order valence-electron chi connectivity index (χ3n) is 1.66. The normalized spacial score (nSPS) is 25.1. The molecule has 2 heteroatoms. The van der Waals surface area contributed by atoms with E-state index in [0.717, 1.165) is 17.7 Å². The molecule has 10 heavy (non-hydrogen) atoms. The molecule has 0 saturated heterocycles. The molecule has 1 unspecified atom stereocenters. The van der Waals surface area contributed by atoms with Crippen molar-refractivity contribution in [2.75, 3.05) is 0 Å². The number of hydrogen-bond donors (Lipinski definition) is 2. The van der Waals surface area contributed by atoms with Gasteiger partial charge in [-0.3, -0.25) is 0 Å². The molecule has 0 aromatic rings. The summed E-state index contributed by atoms with van der Waals surface area (Å²) in [6.45, 7) is 2.12. The predicted molar refractivity (Wildman–Crippen MR) is 42.9 cm³/mol. The molecule has 0 aliphatic heterocycles. The first kappa shape index (κ1) is 7.06. The van der Waals surface area contributed by atoms with Crippen LogP contribution in [0.2, 0.25) is 0 Å². The lowest BCUT2D eigenvalue weighted by Gasteiger charge is -2.12. The highest BCUT2D eigenvalue weighted by Gasteiger charge is 2.06. The van der Waals surface area contributed by atoms with Crippen molar-refractivity contribution in [3.05, 3.63) is 23.4 Å². The molecular weight excluding hydrogens is 124 g/mol. The van der Waals surface area contributed by atoms with Crippen molar-refractivity contribution in [3.8, 4) is 0 Å². The fraction of sp³-hybridized carbons (Fsp3) is 0.375. The fourth-order valence-electron chi connectivity index (χ4n) is 1.03. The zero-order valence-corrected chi connectivity index (χ0v) is 6.09. The molecule has 0 bridgehead atoms. The van der Waals surface area contributed by atoms with Gasteiger partial charge in [0.05, 0.1) is 0 Å². The number of nitrogens with two attached hydrogens (primary N) is 1. The van der Waals surface area contributed by atoms with E-state index in [1.54, 1.807) is 0 Å². The molecule has 0 amide bonds. The van der Waals surface area contributed by atoms with Gasteiger partial charge in [0.15, 0.2) is 0 Å². The molecule has 2 nitrogen and oxygen atoms in total. The summed E-state index contributed by atoms with van der Waals surface area (Å²) in [7, 11) is 0. The van der Waals surface area contributed by atoms with Gasteiger partial charge in [0.25, 0.3) is 0 Å². The molecule has 1 atom stereocenters. The Morgan fingerprint density at radius 3 is 3.00 bits per heavy atom. The second kappa shape index (κ2) is 2.69. The monoisotopic (exact) mass is 136 g/mol. The van der Waals surface area contributed by atoms with Crippen molar-refractivity contribution in [1.29, 1.82) is 5.41 Å². The van der Waals surface area contributed by atoms with Crippen LogP contribution in [0.1, 0.15) is 13.3 Å². The van der Waals surface area contributed by atoms with Gasteiger partial charge in [-0.25, -0.2) is 0 Å². The van der Waals surface area contributed by atoms with Gasteiger partial charge in [0.2, 0.25) is 0 Å². The van der Waals surface area contributed by atoms with Crippen molar-refractivity contribution in [2.45, 2.75) is 13.3 Å². The van der Waals surface area contributed by atoms with E-state index in [1.165, 1.54) is 6.21 Å². The minimum Gasteiger partial charge on any atom is -0.398 e. The Labute approximate surface area is 60.9 Å². The predicted octanol–water partition coefficient (Wildman–Crippen LogP) is 1.44. The van der Waals surface area contributed by atoms with Crippen LogP contribution in [-0.4, -0.2) is 6.21 Å². The van der Waals surface area contributed by atoms with Crippen LogP contribution in [0.15, 0.2) is 23.4 Å². The Bertz CT molecular complexity index is 201. The van der Waals surface area contributed by atoms with E-state index in [0.29, 0.717) is 5.92 Å². The van der Waals surface area contributed by atoms with Crippen LogP contribution in [0.25, 0.3) is 0 Å². The lowest BCUT2D eigenvalue weighted by molar-refractivity contribution is 0.726. The zero-order valence-electron chi connectivity index (χ0n) is 6.09. The number of rotatable bonds is 1. The summed E-state index contributed by atoms with van der Waals surface area (Å²) in [6, 6.07) is 0. The van der Waals surface area contributed by atoms with Crippen molar-refractivity contribution in [3.63, 3.8) is 0 Å². The minimum absolute atomic E-state index is 0.531. The Morgan fingerprint density at radius 2 is 2.50 bits per heavy atom. The van der Waals surface area contributed by atoms with Gasteiger partial charge < -0.3 is 11.1 Å². The third kappa shape index (κ3) is 1.26. The molecule has 54 valence electrons. The smallest absolute Gasteiger partial charge is 0.0359 e. The van der Waals surface area contributed by atoms with Crippen molar-refractivity contribution in [2.24, 2.45) is 11.7 Å². The highest BCUT2D eigenvalue weighted by atomic mass is 14.6. The Kier molecular flexibility index (Phi) is 1.90.